The zero-order valence-electron chi connectivity index (χ0n) is 17.1. The van der Waals surface area contributed by atoms with Crippen molar-refractivity contribution >= 4 is 22.6 Å². The Morgan fingerprint density at radius 2 is 1.83 bits per heavy atom. The molecule has 0 aliphatic heterocycles. The van der Waals surface area contributed by atoms with Crippen molar-refractivity contribution in [1.82, 2.24) is 10.3 Å². The Morgan fingerprint density at radius 1 is 1.10 bits per heavy atom. The number of esters is 1. The number of aromatic nitrogens is 1. The summed E-state index contributed by atoms with van der Waals surface area (Å²) in [5, 5.41) is 14.4. The average Bonchev–Trinajstić information content (AvgIpc) is 2.73. The van der Waals surface area contributed by atoms with Gasteiger partial charge >= 0.3 is 5.97 Å². The normalized spacial score (nSPS) is 11.2. The van der Waals surface area contributed by atoms with Gasteiger partial charge in [0.2, 0.25) is 0 Å². The number of carbonyl (C=O) groups is 2. The highest BCUT2D eigenvalue weighted by Crippen LogP contribution is 2.31. The lowest BCUT2D eigenvalue weighted by Gasteiger charge is -2.21. The molecule has 0 aliphatic carbocycles. The van der Waals surface area contributed by atoms with E-state index >= 15 is 0 Å². The van der Waals surface area contributed by atoms with Crippen molar-refractivity contribution in [2.24, 2.45) is 5.41 Å². The van der Waals surface area contributed by atoms with Gasteiger partial charge in [-0.3, -0.25) is 9.59 Å². The van der Waals surface area contributed by atoms with Crippen LogP contribution in [0.25, 0.3) is 10.8 Å². The molecule has 7 heteroatoms. The summed E-state index contributed by atoms with van der Waals surface area (Å²) in [4.78, 5) is 28.3. The Balaban J connectivity index is 1.72. The maximum atomic E-state index is 12.5. The molecule has 156 valence electrons. The summed E-state index contributed by atoms with van der Waals surface area (Å²) in [7, 11) is 1.33. The van der Waals surface area contributed by atoms with Crippen LogP contribution in [-0.4, -0.2) is 35.6 Å². The van der Waals surface area contributed by atoms with Gasteiger partial charge in [0.1, 0.15) is 11.5 Å². The van der Waals surface area contributed by atoms with E-state index in [9.17, 15) is 14.7 Å². The van der Waals surface area contributed by atoms with Crippen molar-refractivity contribution in [2.45, 2.75) is 20.3 Å². The zero-order chi connectivity index (χ0) is 21.7. The predicted molar refractivity (Wildman–Crippen MR) is 113 cm³/mol. The quantitative estimate of drug-likeness (QED) is 0.573. The number of amides is 1. The fraction of sp³-hybridized carbons (Fsp3) is 0.261. The Hall–Kier alpha value is -3.61. The predicted octanol–water partition coefficient (Wildman–Crippen LogP) is 4.05. The molecule has 0 aliphatic rings. The lowest BCUT2D eigenvalue weighted by atomic mass is 9.89. The highest BCUT2D eigenvalue weighted by molar-refractivity contribution is 6.01. The van der Waals surface area contributed by atoms with Gasteiger partial charge in [-0.1, -0.05) is 18.2 Å². The number of aromatic hydroxyl groups is 1. The van der Waals surface area contributed by atoms with Gasteiger partial charge in [0, 0.05) is 23.5 Å². The van der Waals surface area contributed by atoms with Crippen LogP contribution in [0.2, 0.25) is 0 Å². The number of pyridine rings is 1. The molecule has 1 aromatic heterocycles. The number of methoxy groups -OCH3 is 1. The maximum absolute atomic E-state index is 12.5. The molecule has 0 saturated heterocycles. The Kier molecular flexibility index (Phi) is 6.20. The van der Waals surface area contributed by atoms with Gasteiger partial charge in [-0.15, -0.1) is 0 Å². The number of hydrogen-bond donors (Lipinski definition) is 2. The standard InChI is InChI=1S/C23H24N2O5/c1-23(2,22(28)29-3)11-12-24-21(27)19-20(26)18-10-9-17(13-15(18)14-25-19)30-16-7-5-4-6-8-16/h4-10,13-14,26H,11-12H2,1-3H3,(H,24,27). The summed E-state index contributed by atoms with van der Waals surface area (Å²) < 4.78 is 10.5. The molecule has 3 aromatic rings. The topological polar surface area (TPSA) is 97.8 Å². The third-order valence-electron chi connectivity index (χ3n) is 4.80. The Labute approximate surface area is 174 Å². The van der Waals surface area contributed by atoms with Crippen molar-refractivity contribution in [1.29, 1.82) is 0 Å². The third kappa shape index (κ3) is 4.68. The fourth-order valence-electron chi connectivity index (χ4n) is 2.99. The smallest absolute Gasteiger partial charge is 0.311 e. The third-order valence-corrected chi connectivity index (χ3v) is 4.80. The van der Waals surface area contributed by atoms with Gasteiger partial charge in [0.05, 0.1) is 12.5 Å². The van der Waals surface area contributed by atoms with Gasteiger partial charge in [-0.05, 0) is 50.6 Å². The Bertz CT molecular complexity index is 1060. The molecule has 0 radical (unpaired) electrons. The van der Waals surface area contributed by atoms with Crippen molar-refractivity contribution < 1.29 is 24.2 Å². The largest absolute Gasteiger partial charge is 0.505 e. The van der Waals surface area contributed by atoms with Gasteiger partial charge < -0.3 is 19.9 Å². The molecule has 3 rings (SSSR count). The zero-order valence-corrected chi connectivity index (χ0v) is 17.1. The van der Waals surface area contributed by atoms with Crippen LogP contribution in [0.4, 0.5) is 0 Å². The van der Waals surface area contributed by atoms with E-state index in [-0.39, 0.29) is 24.0 Å². The highest BCUT2D eigenvalue weighted by atomic mass is 16.5. The molecule has 30 heavy (non-hydrogen) atoms. The summed E-state index contributed by atoms with van der Waals surface area (Å²) in [5.41, 5.74) is -0.800. The first kappa shape index (κ1) is 21.1. The van der Waals surface area contributed by atoms with E-state index in [1.807, 2.05) is 30.3 Å². The Morgan fingerprint density at radius 3 is 2.53 bits per heavy atom. The van der Waals surface area contributed by atoms with Gasteiger partial charge in [0.25, 0.3) is 5.91 Å². The number of nitrogens with one attached hydrogen (secondary N) is 1. The second-order valence-corrected chi connectivity index (χ2v) is 7.50. The molecule has 1 heterocycles. The monoisotopic (exact) mass is 408 g/mol. The van der Waals surface area contributed by atoms with E-state index in [1.54, 1.807) is 32.0 Å². The molecule has 0 atom stereocenters. The van der Waals surface area contributed by atoms with Crippen LogP contribution in [0.15, 0.2) is 54.7 Å². The van der Waals surface area contributed by atoms with E-state index in [2.05, 4.69) is 10.3 Å². The molecule has 2 N–H and O–H groups in total. The van der Waals surface area contributed by atoms with Crippen molar-refractivity contribution in [3.8, 4) is 17.2 Å². The average molecular weight is 408 g/mol. The number of carbonyl (C=O) groups excluding carboxylic acids is 2. The minimum atomic E-state index is -0.726. The minimum Gasteiger partial charge on any atom is -0.505 e. The molecule has 7 nitrogen and oxygen atoms in total. The molecular weight excluding hydrogens is 384 g/mol. The van der Waals surface area contributed by atoms with E-state index in [0.717, 1.165) is 0 Å². The summed E-state index contributed by atoms with van der Waals surface area (Å²) in [5.74, 6) is 0.220. The first-order valence-corrected chi connectivity index (χ1v) is 9.53. The lowest BCUT2D eigenvalue weighted by Crippen LogP contribution is -2.33. The minimum absolute atomic E-state index is 0.0740. The summed E-state index contributed by atoms with van der Waals surface area (Å²) in [6.07, 6.45) is 1.90. The molecule has 0 fully saturated rings. The molecule has 0 saturated carbocycles. The number of rotatable bonds is 7. The molecule has 2 aromatic carbocycles. The SMILES string of the molecule is COC(=O)C(C)(C)CCNC(=O)c1ncc2cc(Oc3ccccc3)ccc2c1O. The molecule has 0 spiro atoms. The van der Waals surface area contributed by atoms with Crippen LogP contribution in [0.1, 0.15) is 30.8 Å². The van der Waals surface area contributed by atoms with Gasteiger partial charge in [-0.25, -0.2) is 4.98 Å². The van der Waals surface area contributed by atoms with Crippen molar-refractivity contribution in [3.63, 3.8) is 0 Å². The van der Waals surface area contributed by atoms with E-state index < -0.39 is 11.3 Å². The van der Waals surface area contributed by atoms with Crippen LogP contribution in [0.3, 0.4) is 0 Å². The van der Waals surface area contributed by atoms with Gasteiger partial charge in [0.15, 0.2) is 11.4 Å². The summed E-state index contributed by atoms with van der Waals surface area (Å²) in [6.45, 7) is 3.72. The van der Waals surface area contributed by atoms with Crippen LogP contribution in [0, 0.1) is 5.41 Å². The van der Waals surface area contributed by atoms with Crippen LogP contribution in [0.5, 0.6) is 17.2 Å². The second-order valence-electron chi connectivity index (χ2n) is 7.50. The maximum Gasteiger partial charge on any atom is 0.311 e. The summed E-state index contributed by atoms with van der Waals surface area (Å²) in [6, 6.07) is 14.5. The van der Waals surface area contributed by atoms with Crippen LogP contribution < -0.4 is 10.1 Å². The van der Waals surface area contributed by atoms with Gasteiger partial charge in [-0.2, -0.15) is 0 Å². The van der Waals surface area contributed by atoms with E-state index in [1.165, 1.54) is 13.3 Å². The number of fused-ring (bicyclic) bond motifs is 1. The number of para-hydroxylation sites is 1. The van der Waals surface area contributed by atoms with Crippen LogP contribution >= 0.6 is 0 Å². The first-order valence-electron chi connectivity index (χ1n) is 9.53. The lowest BCUT2D eigenvalue weighted by molar-refractivity contribution is -0.151. The first-order chi connectivity index (χ1) is 14.3. The number of ether oxygens (including phenoxy) is 2. The molecule has 1 amide bonds. The van der Waals surface area contributed by atoms with E-state index in [4.69, 9.17) is 9.47 Å². The molecular formula is C23H24N2O5. The summed E-state index contributed by atoms with van der Waals surface area (Å²) >= 11 is 0. The highest BCUT2D eigenvalue weighted by Gasteiger charge is 2.28. The number of nitrogens with zero attached hydrogens (tertiary/aromatic N) is 1. The molecule has 0 unspecified atom stereocenters. The second kappa shape index (κ2) is 8.82. The fourth-order valence-corrected chi connectivity index (χ4v) is 2.99. The van der Waals surface area contributed by atoms with Crippen molar-refractivity contribution in [3.05, 3.63) is 60.4 Å². The number of hydrogen-bond acceptors (Lipinski definition) is 6. The van der Waals surface area contributed by atoms with Crippen LogP contribution in [-0.2, 0) is 9.53 Å². The van der Waals surface area contributed by atoms with Crippen molar-refractivity contribution in [2.75, 3.05) is 13.7 Å². The number of benzene rings is 2. The molecule has 0 bridgehead atoms. The van der Waals surface area contributed by atoms with E-state index in [0.29, 0.717) is 28.7 Å².